The number of anilines is 1. The van der Waals surface area contributed by atoms with Crippen LogP contribution in [0.3, 0.4) is 0 Å². The molecule has 0 aromatic heterocycles. The van der Waals surface area contributed by atoms with E-state index >= 15 is 0 Å². The number of rotatable bonds is 7. The fourth-order valence-corrected chi connectivity index (χ4v) is 3.50. The maximum atomic E-state index is 12.5. The highest BCUT2D eigenvalue weighted by atomic mass is 32.2. The third kappa shape index (κ3) is 4.62. The predicted octanol–water partition coefficient (Wildman–Crippen LogP) is 2.83. The minimum Gasteiger partial charge on any atom is -0.492 e. The van der Waals surface area contributed by atoms with Crippen molar-refractivity contribution in [2.75, 3.05) is 26.0 Å². The van der Waals surface area contributed by atoms with E-state index in [4.69, 9.17) is 4.74 Å². The van der Waals surface area contributed by atoms with Crippen molar-refractivity contribution in [2.45, 2.75) is 25.2 Å². The molecule has 0 unspecified atom stereocenters. The first kappa shape index (κ1) is 19.9. The van der Waals surface area contributed by atoms with Crippen molar-refractivity contribution in [3.8, 4) is 5.75 Å². The molecule has 7 heteroatoms. The summed E-state index contributed by atoms with van der Waals surface area (Å²) in [5, 5.41) is 2.76. The smallest absolute Gasteiger partial charge is 0.246 e. The van der Waals surface area contributed by atoms with Crippen LogP contribution in [0.1, 0.15) is 18.1 Å². The standard InChI is InChI=1S/C19H24N2O4S/c1-5-25-17-11-10-16(13-18(17)26(23,24)21(3)4)20-19(22)12-15-9-7-6-8-14(15)2/h6-11,13H,5,12H2,1-4H3,(H,20,22). The van der Waals surface area contributed by atoms with Gasteiger partial charge >= 0.3 is 0 Å². The van der Waals surface area contributed by atoms with Crippen molar-refractivity contribution in [3.63, 3.8) is 0 Å². The van der Waals surface area contributed by atoms with Crippen molar-refractivity contribution in [3.05, 3.63) is 53.6 Å². The molecule has 0 saturated carbocycles. The van der Waals surface area contributed by atoms with Crippen LogP contribution in [0.25, 0.3) is 0 Å². The molecule has 140 valence electrons. The van der Waals surface area contributed by atoms with Gasteiger partial charge in [0, 0.05) is 19.8 Å². The molecule has 0 aliphatic rings. The van der Waals surface area contributed by atoms with Crippen LogP contribution < -0.4 is 10.1 Å². The number of nitrogens with one attached hydrogen (secondary N) is 1. The lowest BCUT2D eigenvalue weighted by molar-refractivity contribution is -0.115. The van der Waals surface area contributed by atoms with Gasteiger partial charge in [0.15, 0.2) is 0 Å². The Morgan fingerprint density at radius 2 is 1.85 bits per heavy atom. The first-order valence-corrected chi connectivity index (χ1v) is 9.73. The van der Waals surface area contributed by atoms with E-state index in [0.717, 1.165) is 15.4 Å². The Morgan fingerprint density at radius 1 is 1.15 bits per heavy atom. The fourth-order valence-electron chi connectivity index (χ4n) is 2.45. The summed E-state index contributed by atoms with van der Waals surface area (Å²) in [7, 11) is -0.791. The van der Waals surface area contributed by atoms with Gasteiger partial charge in [0.1, 0.15) is 10.6 Å². The van der Waals surface area contributed by atoms with Crippen LogP contribution in [0.15, 0.2) is 47.4 Å². The van der Waals surface area contributed by atoms with Crippen molar-refractivity contribution >= 4 is 21.6 Å². The summed E-state index contributed by atoms with van der Waals surface area (Å²) in [4.78, 5) is 12.4. The van der Waals surface area contributed by atoms with Gasteiger partial charge in [-0.3, -0.25) is 4.79 Å². The van der Waals surface area contributed by atoms with Crippen LogP contribution in [-0.2, 0) is 21.2 Å². The van der Waals surface area contributed by atoms with Crippen molar-refractivity contribution in [2.24, 2.45) is 0 Å². The number of hydrogen-bond donors (Lipinski definition) is 1. The Labute approximate surface area is 154 Å². The van der Waals surface area contributed by atoms with Gasteiger partial charge in [-0.25, -0.2) is 12.7 Å². The van der Waals surface area contributed by atoms with Crippen LogP contribution in [0.2, 0.25) is 0 Å². The molecule has 2 aromatic carbocycles. The molecule has 0 aliphatic carbocycles. The van der Waals surface area contributed by atoms with Gasteiger partial charge < -0.3 is 10.1 Å². The maximum absolute atomic E-state index is 12.5. The topological polar surface area (TPSA) is 75.7 Å². The van der Waals surface area contributed by atoms with Gasteiger partial charge in [-0.1, -0.05) is 24.3 Å². The molecule has 2 aromatic rings. The third-order valence-electron chi connectivity index (χ3n) is 3.90. The Bertz CT molecular complexity index is 892. The zero-order valence-electron chi connectivity index (χ0n) is 15.4. The number of sulfonamides is 1. The second kappa shape index (κ2) is 8.33. The van der Waals surface area contributed by atoms with Crippen LogP contribution in [0.5, 0.6) is 5.75 Å². The van der Waals surface area contributed by atoms with E-state index in [0.29, 0.717) is 12.3 Å². The number of aryl methyl sites for hydroxylation is 1. The molecule has 6 nitrogen and oxygen atoms in total. The second-order valence-corrected chi connectivity index (χ2v) is 8.15. The third-order valence-corrected chi connectivity index (χ3v) is 5.73. The fraction of sp³-hybridized carbons (Fsp3) is 0.316. The number of hydrogen-bond acceptors (Lipinski definition) is 4. The van der Waals surface area contributed by atoms with E-state index in [-0.39, 0.29) is 23.0 Å². The molecule has 0 bridgehead atoms. The number of carbonyl (C=O) groups excluding carboxylic acids is 1. The predicted molar refractivity (Wildman–Crippen MR) is 102 cm³/mol. The molecule has 1 N–H and O–H groups in total. The highest BCUT2D eigenvalue weighted by molar-refractivity contribution is 7.89. The zero-order valence-corrected chi connectivity index (χ0v) is 16.3. The first-order valence-electron chi connectivity index (χ1n) is 8.29. The lowest BCUT2D eigenvalue weighted by Crippen LogP contribution is -2.23. The van der Waals surface area contributed by atoms with E-state index in [2.05, 4.69) is 5.32 Å². The summed E-state index contributed by atoms with van der Waals surface area (Å²) in [5.74, 6) is 0.0507. The summed E-state index contributed by atoms with van der Waals surface area (Å²) in [6.45, 7) is 4.07. The average molecular weight is 376 g/mol. The summed E-state index contributed by atoms with van der Waals surface area (Å²) >= 11 is 0. The van der Waals surface area contributed by atoms with Crippen molar-refractivity contribution in [1.29, 1.82) is 0 Å². The summed E-state index contributed by atoms with van der Waals surface area (Å²) in [6, 6.07) is 12.3. The van der Waals surface area contributed by atoms with E-state index in [1.54, 1.807) is 19.1 Å². The molecular formula is C19H24N2O4S. The maximum Gasteiger partial charge on any atom is 0.246 e. The molecular weight excluding hydrogens is 352 g/mol. The van der Waals surface area contributed by atoms with Gasteiger partial charge in [0.05, 0.1) is 13.0 Å². The highest BCUT2D eigenvalue weighted by Crippen LogP contribution is 2.29. The van der Waals surface area contributed by atoms with E-state index < -0.39 is 10.0 Å². The molecule has 2 rings (SSSR count). The van der Waals surface area contributed by atoms with Gasteiger partial charge in [-0.05, 0) is 43.2 Å². The van der Waals surface area contributed by atoms with Crippen molar-refractivity contribution in [1.82, 2.24) is 4.31 Å². The molecule has 0 fully saturated rings. The normalized spacial score (nSPS) is 11.4. The molecule has 0 radical (unpaired) electrons. The molecule has 0 saturated heterocycles. The van der Waals surface area contributed by atoms with Gasteiger partial charge in [0.2, 0.25) is 15.9 Å². The van der Waals surface area contributed by atoms with E-state index in [1.807, 2.05) is 31.2 Å². The van der Waals surface area contributed by atoms with Gasteiger partial charge in [-0.15, -0.1) is 0 Å². The highest BCUT2D eigenvalue weighted by Gasteiger charge is 2.23. The Morgan fingerprint density at radius 3 is 2.46 bits per heavy atom. The zero-order chi connectivity index (χ0) is 19.3. The first-order chi connectivity index (χ1) is 12.3. The monoisotopic (exact) mass is 376 g/mol. The summed E-state index contributed by atoms with van der Waals surface area (Å²) in [5.41, 5.74) is 2.37. The lowest BCUT2D eigenvalue weighted by atomic mass is 10.1. The molecule has 0 spiro atoms. The molecule has 26 heavy (non-hydrogen) atoms. The Balaban J connectivity index is 2.27. The Hall–Kier alpha value is -2.38. The quantitative estimate of drug-likeness (QED) is 0.806. The van der Waals surface area contributed by atoms with Crippen molar-refractivity contribution < 1.29 is 17.9 Å². The SMILES string of the molecule is CCOc1ccc(NC(=O)Cc2ccccc2C)cc1S(=O)(=O)N(C)C. The van der Waals surface area contributed by atoms with Crippen LogP contribution in [0, 0.1) is 6.92 Å². The minimum atomic E-state index is -3.70. The molecule has 0 aliphatic heterocycles. The summed E-state index contributed by atoms with van der Waals surface area (Å²) in [6.07, 6.45) is 0.218. The number of carbonyl (C=O) groups is 1. The van der Waals surface area contributed by atoms with Gasteiger partial charge in [0.25, 0.3) is 0 Å². The largest absolute Gasteiger partial charge is 0.492 e. The lowest BCUT2D eigenvalue weighted by Gasteiger charge is -2.16. The van der Waals surface area contributed by atoms with Crippen LogP contribution in [-0.4, -0.2) is 39.3 Å². The number of ether oxygens (including phenoxy) is 1. The van der Waals surface area contributed by atoms with Gasteiger partial charge in [-0.2, -0.15) is 0 Å². The molecule has 1 amide bonds. The minimum absolute atomic E-state index is 0.0260. The number of amides is 1. The molecule has 0 heterocycles. The van der Waals surface area contributed by atoms with Crippen LogP contribution in [0.4, 0.5) is 5.69 Å². The number of nitrogens with zero attached hydrogens (tertiary/aromatic N) is 1. The van der Waals surface area contributed by atoms with E-state index in [9.17, 15) is 13.2 Å². The average Bonchev–Trinajstić information content (AvgIpc) is 2.58. The summed E-state index contributed by atoms with van der Waals surface area (Å²) < 4.78 is 31.6. The van der Waals surface area contributed by atoms with E-state index in [1.165, 1.54) is 20.2 Å². The Kier molecular flexibility index (Phi) is 6.39. The molecule has 0 atom stereocenters. The number of benzene rings is 2. The van der Waals surface area contributed by atoms with Crippen LogP contribution >= 0.6 is 0 Å². The second-order valence-electron chi connectivity index (χ2n) is 6.03.